The van der Waals surface area contributed by atoms with Gasteiger partial charge in [0.2, 0.25) is 0 Å². The van der Waals surface area contributed by atoms with Gasteiger partial charge in [-0.3, -0.25) is 4.99 Å². The quantitative estimate of drug-likeness (QED) is 0.592. The van der Waals surface area contributed by atoms with Gasteiger partial charge < -0.3 is 4.90 Å². The van der Waals surface area contributed by atoms with Gasteiger partial charge in [-0.05, 0) is 48.7 Å². The SMILES string of the molecule is Cc1ccc(CSC2=N[C@H]3CS(=O)(=O)C[C@H]3N2c2cc(C(F)(F)F)ccc2Cl)cc1C. The third kappa shape index (κ3) is 4.59. The number of aryl methyl sites for hydroxylation is 2. The average molecular weight is 489 g/mol. The molecule has 0 N–H and O–H groups in total. The highest BCUT2D eigenvalue weighted by Crippen LogP contribution is 2.41. The number of sulfone groups is 1. The lowest BCUT2D eigenvalue weighted by atomic mass is 10.1. The maximum atomic E-state index is 13.3. The molecule has 0 saturated carbocycles. The number of alkyl halides is 3. The van der Waals surface area contributed by atoms with E-state index in [1.165, 1.54) is 23.4 Å². The van der Waals surface area contributed by atoms with Gasteiger partial charge in [-0.25, -0.2) is 8.42 Å². The zero-order chi connectivity index (χ0) is 22.6. The monoisotopic (exact) mass is 488 g/mol. The highest BCUT2D eigenvalue weighted by molar-refractivity contribution is 8.13. The van der Waals surface area contributed by atoms with Gasteiger partial charge in [0.05, 0.1) is 39.9 Å². The first-order chi connectivity index (χ1) is 14.4. The molecule has 2 heterocycles. The number of hydrogen-bond acceptors (Lipinski definition) is 5. The average Bonchev–Trinajstić information content (AvgIpc) is 3.13. The summed E-state index contributed by atoms with van der Waals surface area (Å²) in [5, 5.41) is 0.613. The smallest absolute Gasteiger partial charge is 0.313 e. The topological polar surface area (TPSA) is 49.7 Å². The summed E-state index contributed by atoms with van der Waals surface area (Å²) in [5.74, 6) is 0.277. The van der Waals surface area contributed by atoms with Crippen LogP contribution in [0.3, 0.4) is 0 Å². The van der Waals surface area contributed by atoms with Crippen molar-refractivity contribution in [1.29, 1.82) is 0 Å². The Morgan fingerprint density at radius 3 is 2.55 bits per heavy atom. The first-order valence-corrected chi connectivity index (χ1v) is 12.8. The summed E-state index contributed by atoms with van der Waals surface area (Å²) in [6.45, 7) is 4.03. The second kappa shape index (κ2) is 8.01. The van der Waals surface area contributed by atoms with Crippen molar-refractivity contribution in [3.05, 3.63) is 63.7 Å². The second-order valence-corrected chi connectivity index (χ2v) is 11.4. The summed E-state index contributed by atoms with van der Waals surface area (Å²) in [6.07, 6.45) is -4.54. The molecule has 0 aromatic heterocycles. The number of anilines is 1. The molecule has 0 spiro atoms. The molecule has 0 amide bonds. The van der Waals surface area contributed by atoms with Crippen LogP contribution in [0, 0.1) is 13.8 Å². The standard InChI is InChI=1S/C21H20ClF3N2O2S2/c1-12-3-4-14(7-13(12)2)9-30-20-26-17-10-31(28,29)11-19(17)27(20)18-8-15(21(23,24)25)5-6-16(18)22/h3-8,17,19H,9-11H2,1-2H3/t17-,19+/m0/s1. The fourth-order valence-electron chi connectivity index (χ4n) is 3.83. The number of nitrogens with zero attached hydrogens (tertiary/aromatic N) is 2. The van der Waals surface area contributed by atoms with Crippen molar-refractivity contribution < 1.29 is 21.6 Å². The van der Waals surface area contributed by atoms with Crippen LogP contribution < -0.4 is 4.90 Å². The van der Waals surface area contributed by atoms with E-state index >= 15 is 0 Å². The predicted octanol–water partition coefficient (Wildman–Crippen LogP) is 5.25. The molecule has 4 rings (SSSR count). The Bertz CT molecular complexity index is 1170. The van der Waals surface area contributed by atoms with Crippen LogP contribution in [0.5, 0.6) is 0 Å². The fraction of sp³-hybridized carbons (Fsp3) is 0.381. The van der Waals surface area contributed by atoms with E-state index in [9.17, 15) is 21.6 Å². The van der Waals surface area contributed by atoms with Crippen molar-refractivity contribution in [2.24, 2.45) is 4.99 Å². The molecule has 0 aliphatic carbocycles. The van der Waals surface area contributed by atoms with Crippen molar-refractivity contribution >= 4 is 44.1 Å². The van der Waals surface area contributed by atoms with Crippen molar-refractivity contribution in [3.63, 3.8) is 0 Å². The van der Waals surface area contributed by atoms with Crippen LogP contribution in [0.4, 0.5) is 18.9 Å². The van der Waals surface area contributed by atoms with Crippen LogP contribution >= 0.6 is 23.4 Å². The molecular weight excluding hydrogens is 469 g/mol. The molecule has 2 aliphatic heterocycles. The summed E-state index contributed by atoms with van der Waals surface area (Å²) in [6, 6.07) is 8.09. The van der Waals surface area contributed by atoms with E-state index in [-0.39, 0.29) is 22.2 Å². The van der Waals surface area contributed by atoms with Gasteiger partial charge in [-0.2, -0.15) is 13.2 Å². The van der Waals surface area contributed by atoms with E-state index in [4.69, 9.17) is 11.6 Å². The Labute approximate surface area is 188 Å². The lowest BCUT2D eigenvalue weighted by molar-refractivity contribution is -0.137. The van der Waals surface area contributed by atoms with Crippen molar-refractivity contribution in [3.8, 4) is 0 Å². The summed E-state index contributed by atoms with van der Waals surface area (Å²) in [7, 11) is -3.32. The molecule has 166 valence electrons. The Hall–Kier alpha value is -1.71. The van der Waals surface area contributed by atoms with Gasteiger partial charge in [-0.1, -0.05) is 41.6 Å². The van der Waals surface area contributed by atoms with Crippen molar-refractivity contribution in [1.82, 2.24) is 0 Å². The number of amidine groups is 1. The number of fused-ring (bicyclic) bond motifs is 1. The van der Waals surface area contributed by atoms with Crippen LogP contribution in [0.2, 0.25) is 5.02 Å². The van der Waals surface area contributed by atoms with E-state index in [1.807, 2.05) is 26.0 Å². The van der Waals surface area contributed by atoms with E-state index in [1.54, 1.807) is 4.90 Å². The summed E-state index contributed by atoms with van der Waals surface area (Å²) >= 11 is 7.66. The van der Waals surface area contributed by atoms with Gasteiger partial charge >= 0.3 is 6.18 Å². The predicted molar refractivity (Wildman–Crippen MR) is 120 cm³/mol. The largest absolute Gasteiger partial charge is 0.416 e. The highest BCUT2D eigenvalue weighted by Gasteiger charge is 2.48. The molecule has 4 nitrogen and oxygen atoms in total. The minimum absolute atomic E-state index is 0.113. The maximum absolute atomic E-state index is 13.3. The molecule has 2 aromatic rings. The van der Waals surface area contributed by atoms with E-state index in [0.717, 1.165) is 23.3 Å². The minimum atomic E-state index is -4.54. The third-order valence-corrected chi connectivity index (χ3v) is 8.64. The van der Waals surface area contributed by atoms with Crippen molar-refractivity contribution in [2.45, 2.75) is 37.9 Å². The molecule has 31 heavy (non-hydrogen) atoms. The van der Waals surface area contributed by atoms with Crippen LogP contribution in [0.15, 0.2) is 41.4 Å². The molecular formula is C21H20ClF3N2O2S2. The number of benzene rings is 2. The van der Waals surface area contributed by atoms with Gasteiger partial charge in [-0.15, -0.1) is 0 Å². The van der Waals surface area contributed by atoms with Crippen LogP contribution in [0.1, 0.15) is 22.3 Å². The lowest BCUT2D eigenvalue weighted by Gasteiger charge is -2.28. The first-order valence-electron chi connectivity index (χ1n) is 9.58. The van der Waals surface area contributed by atoms with Crippen LogP contribution in [-0.2, 0) is 21.8 Å². The number of rotatable bonds is 3. The summed E-state index contributed by atoms with van der Waals surface area (Å²) < 4.78 is 64.3. The molecule has 2 aliphatic rings. The van der Waals surface area contributed by atoms with E-state index < -0.39 is 33.7 Å². The number of halogens is 4. The molecule has 10 heteroatoms. The zero-order valence-electron chi connectivity index (χ0n) is 16.8. The molecule has 1 fully saturated rings. The van der Waals surface area contributed by atoms with Crippen LogP contribution in [0.25, 0.3) is 0 Å². The van der Waals surface area contributed by atoms with Gasteiger partial charge in [0.1, 0.15) is 0 Å². The van der Waals surface area contributed by atoms with Gasteiger partial charge in [0.25, 0.3) is 0 Å². The van der Waals surface area contributed by atoms with Crippen LogP contribution in [-0.4, -0.2) is 37.2 Å². The summed E-state index contributed by atoms with van der Waals surface area (Å²) in [5.41, 5.74) is 2.66. The first kappa shape index (κ1) is 22.5. The fourth-order valence-corrected chi connectivity index (χ4v) is 6.94. The molecule has 0 bridgehead atoms. The lowest BCUT2D eigenvalue weighted by Crippen LogP contribution is -2.39. The zero-order valence-corrected chi connectivity index (χ0v) is 19.2. The third-order valence-electron chi connectivity index (χ3n) is 5.58. The van der Waals surface area contributed by atoms with Crippen molar-refractivity contribution in [2.75, 3.05) is 16.4 Å². The van der Waals surface area contributed by atoms with E-state index in [0.29, 0.717) is 10.9 Å². The second-order valence-electron chi connectivity index (χ2n) is 7.86. The number of hydrogen-bond donors (Lipinski definition) is 0. The maximum Gasteiger partial charge on any atom is 0.416 e. The Morgan fingerprint density at radius 2 is 1.87 bits per heavy atom. The minimum Gasteiger partial charge on any atom is -0.313 e. The van der Waals surface area contributed by atoms with E-state index in [2.05, 4.69) is 11.1 Å². The summed E-state index contributed by atoms with van der Waals surface area (Å²) in [4.78, 5) is 6.16. The Balaban J connectivity index is 1.69. The molecule has 0 radical (unpaired) electrons. The molecule has 2 atom stereocenters. The molecule has 2 aromatic carbocycles. The Kier molecular flexibility index (Phi) is 5.81. The highest BCUT2D eigenvalue weighted by atomic mass is 35.5. The van der Waals surface area contributed by atoms with Gasteiger partial charge in [0, 0.05) is 5.75 Å². The number of aliphatic imine (C=N–C) groups is 1. The molecule has 1 saturated heterocycles. The number of thioether (sulfide) groups is 1. The normalized spacial score (nSPS) is 22.5. The Morgan fingerprint density at radius 1 is 1.13 bits per heavy atom. The molecule has 0 unspecified atom stereocenters. The van der Waals surface area contributed by atoms with Gasteiger partial charge in [0.15, 0.2) is 15.0 Å².